The predicted molar refractivity (Wildman–Crippen MR) is 99.0 cm³/mol. The van der Waals surface area contributed by atoms with Crippen LogP contribution in [0.15, 0.2) is 30.1 Å². The predicted octanol–water partition coefficient (Wildman–Crippen LogP) is 1.40. The fraction of sp³-hybridized carbons (Fsp3) is 0.529. The van der Waals surface area contributed by atoms with Gasteiger partial charge in [0.1, 0.15) is 6.54 Å². The molecule has 1 N–H and O–H groups in total. The van der Waals surface area contributed by atoms with Crippen LogP contribution in [0.2, 0.25) is 0 Å². The number of nitrogens with zero attached hydrogens (tertiary/aromatic N) is 5. The number of rotatable bonds is 9. The zero-order chi connectivity index (χ0) is 18.4. The Bertz CT molecular complexity index is 750. The molecule has 0 aromatic carbocycles. The van der Waals surface area contributed by atoms with E-state index in [1.807, 2.05) is 23.9 Å². The van der Waals surface area contributed by atoms with Crippen molar-refractivity contribution in [3.8, 4) is 0 Å². The van der Waals surface area contributed by atoms with Gasteiger partial charge >= 0.3 is 0 Å². The second kappa shape index (κ2) is 9.00. The number of hydrogen-bond acceptors (Lipinski definition) is 6. The number of carbonyl (C=O) groups excluding carboxylic acids is 1. The third-order valence-electron chi connectivity index (χ3n) is 4.06. The molecule has 0 aliphatic carbocycles. The summed E-state index contributed by atoms with van der Waals surface area (Å²) in [4.78, 5) is 11.9. The van der Waals surface area contributed by atoms with Crippen LogP contribution >= 0.6 is 11.8 Å². The summed E-state index contributed by atoms with van der Waals surface area (Å²) in [6, 6.07) is 1.96. The highest BCUT2D eigenvalue weighted by molar-refractivity contribution is 7.99. The normalized spacial score (nSPS) is 16.7. The summed E-state index contributed by atoms with van der Waals surface area (Å²) in [5.74, 6) is 1.06. The lowest BCUT2D eigenvalue weighted by atomic mass is 10.2. The summed E-state index contributed by atoms with van der Waals surface area (Å²) < 4.78 is 9.67. The topological polar surface area (TPSA) is 86.9 Å². The Hall–Kier alpha value is -2.13. The largest absolute Gasteiger partial charge is 0.376 e. The van der Waals surface area contributed by atoms with Crippen molar-refractivity contribution >= 4 is 17.7 Å². The molecule has 8 nitrogen and oxygen atoms in total. The number of aryl methyl sites for hydroxylation is 1. The maximum Gasteiger partial charge on any atom is 0.230 e. The second-order valence-electron chi connectivity index (χ2n) is 6.18. The standard InChI is InChI=1S/C17H24N6O2S/c1-3-7-18-16(24)12-26-17-20-19-15(11-22-8-6-13(2)21-22)23(17)10-14-5-4-9-25-14/h3,6,8,14H,1,4-5,7,9-12H2,2H3,(H,18,24). The van der Waals surface area contributed by atoms with Crippen LogP contribution in [-0.2, 0) is 22.6 Å². The third-order valence-corrected chi connectivity index (χ3v) is 5.02. The van der Waals surface area contributed by atoms with Crippen LogP contribution in [-0.4, -0.2) is 55.5 Å². The molecule has 1 unspecified atom stereocenters. The first kappa shape index (κ1) is 18.7. The summed E-state index contributed by atoms with van der Waals surface area (Å²) in [6.07, 6.45) is 5.86. The van der Waals surface area contributed by atoms with Crippen molar-refractivity contribution in [2.45, 2.75) is 44.1 Å². The monoisotopic (exact) mass is 376 g/mol. The number of thioether (sulfide) groups is 1. The van der Waals surface area contributed by atoms with Gasteiger partial charge in [-0.15, -0.1) is 16.8 Å². The molecule has 26 heavy (non-hydrogen) atoms. The molecule has 1 amide bonds. The van der Waals surface area contributed by atoms with Crippen LogP contribution in [0, 0.1) is 6.92 Å². The zero-order valence-electron chi connectivity index (χ0n) is 14.9. The van der Waals surface area contributed by atoms with Gasteiger partial charge in [0.25, 0.3) is 0 Å². The van der Waals surface area contributed by atoms with Gasteiger partial charge in [-0.1, -0.05) is 17.8 Å². The molecule has 3 rings (SSSR count). The van der Waals surface area contributed by atoms with Gasteiger partial charge in [0.05, 0.1) is 24.1 Å². The van der Waals surface area contributed by atoms with Crippen LogP contribution < -0.4 is 5.32 Å². The van der Waals surface area contributed by atoms with Gasteiger partial charge in [-0.25, -0.2) is 0 Å². The average molecular weight is 376 g/mol. The van der Waals surface area contributed by atoms with E-state index in [2.05, 4.69) is 31.8 Å². The number of ether oxygens (including phenoxy) is 1. The van der Waals surface area contributed by atoms with E-state index >= 15 is 0 Å². The Morgan fingerprint density at radius 1 is 1.54 bits per heavy atom. The number of nitrogens with one attached hydrogen (secondary N) is 1. The fourth-order valence-corrected chi connectivity index (χ4v) is 3.58. The summed E-state index contributed by atoms with van der Waals surface area (Å²) >= 11 is 1.38. The Morgan fingerprint density at radius 3 is 3.12 bits per heavy atom. The van der Waals surface area contributed by atoms with Gasteiger partial charge in [0.15, 0.2) is 11.0 Å². The Kier molecular flexibility index (Phi) is 6.45. The molecule has 0 spiro atoms. The Balaban J connectivity index is 1.72. The van der Waals surface area contributed by atoms with Gasteiger partial charge in [-0.3, -0.25) is 9.48 Å². The Morgan fingerprint density at radius 2 is 2.42 bits per heavy atom. The van der Waals surface area contributed by atoms with Crippen LogP contribution in [0.4, 0.5) is 0 Å². The van der Waals surface area contributed by atoms with Crippen LogP contribution in [0.3, 0.4) is 0 Å². The van der Waals surface area contributed by atoms with Crippen molar-refractivity contribution < 1.29 is 9.53 Å². The Labute approximate surface area is 157 Å². The van der Waals surface area contributed by atoms with E-state index in [9.17, 15) is 4.79 Å². The van der Waals surface area contributed by atoms with Crippen molar-refractivity contribution in [1.82, 2.24) is 29.9 Å². The van der Waals surface area contributed by atoms with Crippen molar-refractivity contribution in [3.05, 3.63) is 36.4 Å². The molecule has 1 fully saturated rings. The molecule has 2 aromatic heterocycles. The van der Waals surface area contributed by atoms with Crippen molar-refractivity contribution in [3.63, 3.8) is 0 Å². The first-order valence-electron chi connectivity index (χ1n) is 8.70. The number of hydrogen-bond donors (Lipinski definition) is 1. The van der Waals surface area contributed by atoms with Gasteiger partial charge in [0.2, 0.25) is 5.91 Å². The molecule has 1 aliphatic rings. The van der Waals surface area contributed by atoms with Crippen molar-refractivity contribution in [2.24, 2.45) is 0 Å². The van der Waals surface area contributed by atoms with E-state index in [1.54, 1.807) is 6.08 Å². The van der Waals surface area contributed by atoms with E-state index in [4.69, 9.17) is 4.74 Å². The molecule has 1 atom stereocenters. The molecule has 2 aromatic rings. The number of aromatic nitrogens is 5. The lowest BCUT2D eigenvalue weighted by Crippen LogP contribution is -2.25. The minimum Gasteiger partial charge on any atom is -0.376 e. The maximum absolute atomic E-state index is 11.9. The highest BCUT2D eigenvalue weighted by atomic mass is 32.2. The van der Waals surface area contributed by atoms with E-state index in [0.717, 1.165) is 36.1 Å². The lowest BCUT2D eigenvalue weighted by molar-refractivity contribution is -0.118. The molecule has 1 saturated heterocycles. The summed E-state index contributed by atoms with van der Waals surface area (Å²) in [7, 11) is 0. The minimum atomic E-state index is -0.0502. The van der Waals surface area contributed by atoms with Crippen LogP contribution in [0.25, 0.3) is 0 Å². The van der Waals surface area contributed by atoms with Crippen molar-refractivity contribution in [2.75, 3.05) is 18.9 Å². The summed E-state index contributed by atoms with van der Waals surface area (Å²) in [5.41, 5.74) is 0.962. The lowest BCUT2D eigenvalue weighted by Gasteiger charge is -2.14. The van der Waals surface area contributed by atoms with Crippen LogP contribution in [0.5, 0.6) is 0 Å². The van der Waals surface area contributed by atoms with Gasteiger partial charge in [0, 0.05) is 19.3 Å². The third kappa shape index (κ3) is 4.95. The quantitative estimate of drug-likeness (QED) is 0.526. The zero-order valence-corrected chi connectivity index (χ0v) is 15.7. The molecule has 0 radical (unpaired) electrons. The maximum atomic E-state index is 11.9. The van der Waals surface area contributed by atoms with Gasteiger partial charge < -0.3 is 14.6 Å². The average Bonchev–Trinajstić information content (AvgIpc) is 3.36. The van der Waals surface area contributed by atoms with Crippen LogP contribution in [0.1, 0.15) is 24.4 Å². The first-order valence-corrected chi connectivity index (χ1v) is 9.68. The first-order chi connectivity index (χ1) is 12.7. The molecule has 140 valence electrons. The fourth-order valence-electron chi connectivity index (χ4n) is 2.78. The SMILES string of the molecule is C=CCNC(=O)CSc1nnc(Cn2ccc(C)n2)n1CC1CCCO1. The van der Waals surface area contributed by atoms with Gasteiger partial charge in [-0.2, -0.15) is 5.10 Å². The van der Waals surface area contributed by atoms with Gasteiger partial charge in [-0.05, 0) is 25.8 Å². The van der Waals surface area contributed by atoms with E-state index in [-0.39, 0.29) is 12.0 Å². The molecule has 3 heterocycles. The van der Waals surface area contributed by atoms with E-state index < -0.39 is 0 Å². The number of carbonyl (C=O) groups is 1. The van der Waals surface area contributed by atoms with Crippen molar-refractivity contribution in [1.29, 1.82) is 0 Å². The summed E-state index contributed by atoms with van der Waals surface area (Å²) in [6.45, 7) is 8.05. The highest BCUT2D eigenvalue weighted by Crippen LogP contribution is 2.21. The molecular weight excluding hydrogens is 352 g/mol. The molecule has 0 saturated carbocycles. The molecular formula is C17H24N6O2S. The minimum absolute atomic E-state index is 0.0502. The molecule has 0 bridgehead atoms. The molecule has 9 heteroatoms. The summed E-state index contributed by atoms with van der Waals surface area (Å²) in [5, 5.41) is 16.5. The molecule has 1 aliphatic heterocycles. The second-order valence-corrected chi connectivity index (χ2v) is 7.12. The number of amides is 1. The van der Waals surface area contributed by atoms with E-state index in [0.29, 0.717) is 25.4 Å². The smallest absolute Gasteiger partial charge is 0.230 e. The highest BCUT2D eigenvalue weighted by Gasteiger charge is 2.21. The van der Waals surface area contributed by atoms with E-state index in [1.165, 1.54) is 11.8 Å².